The van der Waals surface area contributed by atoms with E-state index in [9.17, 15) is 0 Å². The molecule has 1 fully saturated rings. The minimum atomic E-state index is 0.745. The van der Waals surface area contributed by atoms with Crippen molar-refractivity contribution in [3.63, 3.8) is 0 Å². The van der Waals surface area contributed by atoms with Crippen molar-refractivity contribution < 1.29 is 4.48 Å². The molecule has 1 heterocycles. The van der Waals surface area contributed by atoms with E-state index in [2.05, 4.69) is 40.1 Å². The van der Waals surface area contributed by atoms with Gasteiger partial charge in [0.1, 0.15) is 11.7 Å². The first-order valence-electron chi connectivity index (χ1n) is 4.73. The lowest BCUT2D eigenvalue weighted by Crippen LogP contribution is -2.43. The third kappa shape index (κ3) is 0.831. The molecule has 0 aromatic carbocycles. The number of likely N-dealkylation sites (tertiary alicyclic amines) is 1. The third-order valence-electron chi connectivity index (χ3n) is 3.37. The van der Waals surface area contributed by atoms with Crippen molar-refractivity contribution in [3.8, 4) is 0 Å². The summed E-state index contributed by atoms with van der Waals surface area (Å²) in [6, 6.07) is 0.750. The van der Waals surface area contributed by atoms with Crippen LogP contribution in [0.2, 0.25) is 0 Å². The van der Waals surface area contributed by atoms with Crippen molar-refractivity contribution in [1.29, 1.82) is 0 Å². The molecule has 0 aromatic rings. The van der Waals surface area contributed by atoms with Gasteiger partial charge in [0.2, 0.25) is 0 Å². The molecule has 1 aliphatic heterocycles. The fraction of sp³-hybridized carbons (Fsp3) is 0.636. The van der Waals surface area contributed by atoms with Crippen molar-refractivity contribution in [2.45, 2.75) is 26.3 Å². The molecule has 0 N–H and O–H groups in total. The lowest BCUT2D eigenvalue weighted by Gasteiger charge is -2.34. The highest BCUT2D eigenvalue weighted by atomic mass is 15.4. The largest absolute Gasteiger partial charge is 0.293 e. The maximum absolute atomic E-state index is 2.39. The summed E-state index contributed by atoms with van der Waals surface area (Å²) in [6.07, 6.45) is 6.11. The number of nitrogens with zero attached hydrogens (tertiary/aromatic N) is 1. The van der Waals surface area contributed by atoms with Crippen LogP contribution in [0.15, 0.2) is 23.4 Å². The summed E-state index contributed by atoms with van der Waals surface area (Å²) in [4.78, 5) is 0. The van der Waals surface area contributed by atoms with Crippen LogP contribution in [0, 0.1) is 5.92 Å². The molecular formula is C11H18N+. The predicted molar refractivity (Wildman–Crippen MR) is 51.5 cm³/mol. The summed E-state index contributed by atoms with van der Waals surface area (Å²) in [5, 5.41) is 0. The zero-order chi connectivity index (χ0) is 8.93. The second-order valence-corrected chi connectivity index (χ2v) is 4.72. The van der Waals surface area contributed by atoms with E-state index in [4.69, 9.17) is 0 Å². The zero-order valence-electron chi connectivity index (χ0n) is 8.46. The molecule has 0 spiro atoms. The topological polar surface area (TPSA) is 0 Å². The Labute approximate surface area is 75.0 Å². The van der Waals surface area contributed by atoms with E-state index in [-0.39, 0.29) is 0 Å². The average molecular weight is 164 g/mol. The summed E-state index contributed by atoms with van der Waals surface area (Å²) >= 11 is 0. The lowest BCUT2D eigenvalue weighted by molar-refractivity contribution is -0.863. The van der Waals surface area contributed by atoms with E-state index in [1.807, 2.05) is 0 Å². The molecule has 1 heteroatoms. The molecule has 2 bridgehead atoms. The molecule has 2 rings (SSSR count). The molecule has 0 saturated carbocycles. The smallest absolute Gasteiger partial charge is 0.115 e. The summed E-state index contributed by atoms with van der Waals surface area (Å²) in [7, 11) is 4.66. The molecule has 1 nitrogen and oxygen atoms in total. The van der Waals surface area contributed by atoms with Crippen LogP contribution >= 0.6 is 0 Å². The minimum absolute atomic E-state index is 0.745. The number of allylic oxidation sites excluding steroid dienone is 2. The molecule has 2 atom stereocenters. The van der Waals surface area contributed by atoms with Crippen LogP contribution in [0.1, 0.15) is 20.3 Å². The first kappa shape index (κ1) is 8.06. The van der Waals surface area contributed by atoms with E-state index < -0.39 is 0 Å². The highest BCUT2D eigenvalue weighted by Crippen LogP contribution is 2.44. The maximum Gasteiger partial charge on any atom is 0.115 e. The van der Waals surface area contributed by atoms with Gasteiger partial charge in [0.25, 0.3) is 0 Å². The molecule has 66 valence electrons. The van der Waals surface area contributed by atoms with Gasteiger partial charge in [0.15, 0.2) is 0 Å². The Hall–Kier alpha value is -0.560. The Kier molecular flexibility index (Phi) is 1.50. The second-order valence-electron chi connectivity index (χ2n) is 4.72. The fourth-order valence-electron chi connectivity index (χ4n) is 2.91. The molecular weight excluding hydrogens is 146 g/mol. The van der Waals surface area contributed by atoms with E-state index >= 15 is 0 Å². The summed E-state index contributed by atoms with van der Waals surface area (Å²) < 4.78 is 1.10. The van der Waals surface area contributed by atoms with Crippen LogP contribution in [0.25, 0.3) is 0 Å². The van der Waals surface area contributed by atoms with Crippen molar-refractivity contribution >= 4 is 0 Å². The first-order valence-corrected chi connectivity index (χ1v) is 4.73. The summed E-state index contributed by atoms with van der Waals surface area (Å²) in [6.45, 7) is 4.48. The van der Waals surface area contributed by atoms with Gasteiger partial charge in [-0.3, -0.25) is 4.48 Å². The molecule has 0 radical (unpaired) electrons. The fourth-order valence-corrected chi connectivity index (χ4v) is 2.91. The number of hydrogen-bond donors (Lipinski definition) is 0. The van der Waals surface area contributed by atoms with Gasteiger partial charge in [0.05, 0.1) is 20.0 Å². The van der Waals surface area contributed by atoms with E-state index in [1.54, 1.807) is 5.70 Å². The van der Waals surface area contributed by atoms with E-state index in [0.29, 0.717) is 0 Å². The zero-order valence-corrected chi connectivity index (χ0v) is 8.46. The van der Waals surface area contributed by atoms with Crippen LogP contribution in [-0.4, -0.2) is 24.6 Å². The van der Waals surface area contributed by atoms with Crippen LogP contribution in [0.4, 0.5) is 0 Å². The standard InChI is InChI=1S/C11H18N/c1-8(2)11-9-5-6-10(7-9)12(11,3)4/h5-6,9-10H,7H2,1-4H3/q+1. The molecule has 12 heavy (non-hydrogen) atoms. The Bertz CT molecular complexity index is 267. The van der Waals surface area contributed by atoms with E-state index in [1.165, 1.54) is 12.0 Å². The Morgan fingerprint density at radius 1 is 1.33 bits per heavy atom. The van der Waals surface area contributed by atoms with Crippen molar-refractivity contribution in [2.24, 2.45) is 5.92 Å². The van der Waals surface area contributed by atoms with Crippen LogP contribution < -0.4 is 0 Å². The van der Waals surface area contributed by atoms with Gasteiger partial charge in [-0.25, -0.2) is 0 Å². The number of likely N-dealkylation sites (N-methyl/N-ethyl adjacent to an activating group) is 1. The van der Waals surface area contributed by atoms with Gasteiger partial charge in [0, 0.05) is 6.42 Å². The lowest BCUT2D eigenvalue weighted by atomic mass is 10.0. The Morgan fingerprint density at radius 3 is 2.33 bits per heavy atom. The molecule has 0 amide bonds. The van der Waals surface area contributed by atoms with Crippen molar-refractivity contribution in [1.82, 2.24) is 0 Å². The Balaban J connectivity index is 2.50. The number of rotatable bonds is 0. The highest BCUT2D eigenvalue weighted by molar-refractivity contribution is 5.24. The minimum Gasteiger partial charge on any atom is -0.293 e. The number of fused-ring (bicyclic) bond motifs is 2. The first-order chi connectivity index (χ1) is 5.53. The normalized spacial score (nSPS) is 36.2. The van der Waals surface area contributed by atoms with Crippen molar-refractivity contribution in [3.05, 3.63) is 23.4 Å². The van der Waals surface area contributed by atoms with E-state index in [0.717, 1.165) is 16.4 Å². The highest BCUT2D eigenvalue weighted by Gasteiger charge is 2.47. The molecule has 1 aliphatic carbocycles. The van der Waals surface area contributed by atoms with Crippen LogP contribution in [0.3, 0.4) is 0 Å². The quantitative estimate of drug-likeness (QED) is 0.381. The molecule has 2 unspecified atom stereocenters. The molecule has 2 aliphatic rings. The third-order valence-corrected chi connectivity index (χ3v) is 3.37. The van der Waals surface area contributed by atoms with Gasteiger partial charge in [-0.05, 0) is 25.5 Å². The van der Waals surface area contributed by atoms with Crippen LogP contribution in [0.5, 0.6) is 0 Å². The summed E-state index contributed by atoms with van der Waals surface area (Å²) in [5.41, 5.74) is 3.15. The van der Waals surface area contributed by atoms with Gasteiger partial charge in [-0.1, -0.05) is 6.08 Å². The van der Waals surface area contributed by atoms with Crippen molar-refractivity contribution in [2.75, 3.05) is 14.1 Å². The van der Waals surface area contributed by atoms with Gasteiger partial charge in [-0.2, -0.15) is 0 Å². The SMILES string of the molecule is CC(C)=C1C2C=CC(C2)[N+]1(C)C. The maximum atomic E-state index is 2.39. The predicted octanol–water partition coefficient (Wildman–Crippen LogP) is 2.32. The van der Waals surface area contributed by atoms with Gasteiger partial charge < -0.3 is 0 Å². The Morgan fingerprint density at radius 2 is 2.00 bits per heavy atom. The molecule has 0 aromatic heterocycles. The molecule has 1 saturated heterocycles. The van der Waals surface area contributed by atoms with Gasteiger partial charge in [-0.15, -0.1) is 0 Å². The summed E-state index contributed by atoms with van der Waals surface area (Å²) in [5.74, 6) is 0.745. The average Bonchev–Trinajstić information content (AvgIpc) is 2.41. The van der Waals surface area contributed by atoms with Gasteiger partial charge >= 0.3 is 0 Å². The monoisotopic (exact) mass is 164 g/mol. The number of hydrogen-bond acceptors (Lipinski definition) is 0. The van der Waals surface area contributed by atoms with Crippen LogP contribution in [-0.2, 0) is 0 Å². The second kappa shape index (κ2) is 2.23. The number of quaternary nitrogens is 1.